The van der Waals surface area contributed by atoms with E-state index in [1.165, 1.54) is 0 Å². The normalized spacial score (nSPS) is 16.7. The number of halogens is 2. The molecule has 218 valence electrons. The Morgan fingerprint density at radius 2 is 1.00 bits per heavy atom. The Balaban J connectivity index is 1.58. The first-order valence-corrected chi connectivity index (χ1v) is 18.1. The minimum Gasteiger partial charge on any atom is -0.218 e. The number of hydrogen-bond acceptors (Lipinski definition) is 2. The number of benzene rings is 6. The summed E-state index contributed by atoms with van der Waals surface area (Å²) >= 11 is 7.64. The van der Waals surface area contributed by atoms with Crippen LogP contribution in [0.2, 0.25) is 0 Å². The van der Waals surface area contributed by atoms with Crippen LogP contribution in [0, 0.1) is 0 Å². The fourth-order valence-electron chi connectivity index (χ4n) is 8.40. The van der Waals surface area contributed by atoms with Crippen LogP contribution in [0.3, 0.4) is 0 Å². The van der Waals surface area contributed by atoms with Gasteiger partial charge in [0.1, 0.15) is 0 Å². The molecule has 0 aromatic heterocycles. The van der Waals surface area contributed by atoms with Crippen LogP contribution >= 0.6 is 31.9 Å². The van der Waals surface area contributed by atoms with E-state index in [0.29, 0.717) is 9.79 Å². The van der Waals surface area contributed by atoms with Gasteiger partial charge in [0.05, 0.1) is 15.2 Å². The van der Waals surface area contributed by atoms with Crippen molar-refractivity contribution in [3.63, 3.8) is 0 Å². The predicted octanol–water partition coefficient (Wildman–Crippen LogP) is 10.7. The molecule has 0 fully saturated rings. The standard InChI is InChI=1S/C40H26Br2O2S/c1-39(2)30-12-6-5-11-29(30)37-32(39)19-20-33-38(37)45(43,44)36-14-8-7-13-31(36)40(33)34-21-23(41)15-17-27(34)25-9-3-4-10-26(25)28-18-16-24(42)22-35(28)40/h3-22H,1-2H3. The zero-order chi connectivity index (χ0) is 30.9. The Morgan fingerprint density at radius 3 is 1.62 bits per heavy atom. The molecule has 0 unspecified atom stereocenters. The summed E-state index contributed by atoms with van der Waals surface area (Å²) in [6, 6.07) is 41.7. The Hall–Kier alpha value is -3.77. The molecule has 2 nitrogen and oxygen atoms in total. The van der Waals surface area contributed by atoms with E-state index in [0.717, 1.165) is 75.7 Å². The topological polar surface area (TPSA) is 34.1 Å². The van der Waals surface area contributed by atoms with E-state index in [2.05, 4.69) is 131 Å². The quantitative estimate of drug-likeness (QED) is 0.156. The zero-order valence-electron chi connectivity index (χ0n) is 24.5. The van der Waals surface area contributed by atoms with E-state index in [4.69, 9.17) is 0 Å². The lowest BCUT2D eigenvalue weighted by molar-refractivity contribution is 0.579. The molecular formula is C40H26Br2O2S. The van der Waals surface area contributed by atoms with Crippen molar-refractivity contribution in [2.45, 2.75) is 34.5 Å². The largest absolute Gasteiger partial charge is 0.218 e. The van der Waals surface area contributed by atoms with Gasteiger partial charge < -0.3 is 0 Å². The van der Waals surface area contributed by atoms with E-state index >= 15 is 8.42 Å². The van der Waals surface area contributed by atoms with Crippen LogP contribution in [-0.4, -0.2) is 8.42 Å². The minimum absolute atomic E-state index is 0.345. The smallest absolute Gasteiger partial charge is 0.207 e. The van der Waals surface area contributed by atoms with Crippen LogP contribution in [0.25, 0.3) is 33.4 Å². The van der Waals surface area contributed by atoms with E-state index in [1.807, 2.05) is 30.3 Å². The van der Waals surface area contributed by atoms with E-state index in [9.17, 15) is 0 Å². The molecule has 0 atom stereocenters. The second-order valence-electron chi connectivity index (χ2n) is 12.7. The van der Waals surface area contributed by atoms with Crippen molar-refractivity contribution in [2.75, 3.05) is 0 Å². The molecule has 0 amide bonds. The number of fused-ring (bicyclic) bond motifs is 15. The highest BCUT2D eigenvalue weighted by atomic mass is 79.9. The van der Waals surface area contributed by atoms with Crippen molar-refractivity contribution >= 4 is 41.7 Å². The van der Waals surface area contributed by atoms with Gasteiger partial charge in [0.2, 0.25) is 9.84 Å². The van der Waals surface area contributed by atoms with Crippen LogP contribution in [0.1, 0.15) is 47.2 Å². The third-order valence-electron chi connectivity index (χ3n) is 10.2. The summed E-state index contributed by atoms with van der Waals surface area (Å²) in [5.41, 5.74) is 10.8. The Morgan fingerprint density at radius 1 is 0.489 bits per heavy atom. The van der Waals surface area contributed by atoms with Gasteiger partial charge >= 0.3 is 0 Å². The van der Waals surface area contributed by atoms with Crippen molar-refractivity contribution in [2.24, 2.45) is 0 Å². The SMILES string of the molecule is CC1(C)c2ccccc2-c2c1ccc1c2S(=O)(=O)c2ccccc2C12c1cc(Br)ccc1-c1ccccc1-c1ccc(Br)cc12. The average Bonchev–Trinajstić information content (AvgIpc) is 3.22. The van der Waals surface area contributed by atoms with Crippen LogP contribution in [-0.2, 0) is 20.7 Å². The molecule has 0 saturated heterocycles. The molecule has 0 N–H and O–H groups in total. The third-order valence-corrected chi connectivity index (χ3v) is 13.1. The van der Waals surface area contributed by atoms with Gasteiger partial charge in [0.15, 0.2) is 0 Å². The Bertz CT molecular complexity index is 2330. The van der Waals surface area contributed by atoms with Gasteiger partial charge in [-0.2, -0.15) is 0 Å². The molecule has 0 saturated carbocycles. The molecule has 1 aliphatic heterocycles. The molecule has 2 aliphatic carbocycles. The van der Waals surface area contributed by atoms with Crippen LogP contribution in [0.15, 0.2) is 140 Å². The summed E-state index contributed by atoms with van der Waals surface area (Å²) in [5, 5.41) is 0. The highest BCUT2D eigenvalue weighted by molar-refractivity contribution is 9.10. The van der Waals surface area contributed by atoms with Gasteiger partial charge in [0, 0.05) is 19.9 Å². The third kappa shape index (κ3) is 3.36. The van der Waals surface area contributed by atoms with Crippen molar-refractivity contribution in [1.82, 2.24) is 0 Å². The van der Waals surface area contributed by atoms with Crippen LogP contribution in [0.4, 0.5) is 0 Å². The zero-order valence-corrected chi connectivity index (χ0v) is 28.5. The Kier molecular flexibility index (Phi) is 5.60. The van der Waals surface area contributed by atoms with Crippen LogP contribution in [0.5, 0.6) is 0 Å². The molecular weight excluding hydrogens is 704 g/mol. The lowest BCUT2D eigenvalue weighted by Gasteiger charge is -2.43. The van der Waals surface area contributed by atoms with Gasteiger partial charge in [-0.3, -0.25) is 0 Å². The highest BCUT2D eigenvalue weighted by Crippen LogP contribution is 2.63. The summed E-state index contributed by atoms with van der Waals surface area (Å²) in [5.74, 6) is 0. The first-order valence-electron chi connectivity index (χ1n) is 15.0. The average molecular weight is 731 g/mol. The maximum absolute atomic E-state index is 15.1. The molecule has 1 heterocycles. The maximum Gasteiger partial charge on any atom is 0.207 e. The predicted molar refractivity (Wildman–Crippen MR) is 188 cm³/mol. The molecule has 6 aromatic carbocycles. The summed E-state index contributed by atoms with van der Waals surface area (Å²) in [7, 11) is -3.92. The first-order chi connectivity index (χ1) is 21.7. The molecule has 0 bridgehead atoms. The van der Waals surface area contributed by atoms with Crippen molar-refractivity contribution in [3.05, 3.63) is 164 Å². The molecule has 3 aliphatic rings. The summed E-state index contributed by atoms with van der Waals surface area (Å²) in [6.07, 6.45) is 0. The number of hydrogen-bond donors (Lipinski definition) is 0. The van der Waals surface area contributed by atoms with E-state index < -0.39 is 15.3 Å². The first kappa shape index (κ1) is 27.5. The fourth-order valence-corrected chi connectivity index (χ4v) is 11.1. The maximum atomic E-state index is 15.1. The minimum atomic E-state index is -3.92. The molecule has 0 radical (unpaired) electrons. The van der Waals surface area contributed by atoms with Gasteiger partial charge in [-0.1, -0.05) is 137 Å². The van der Waals surface area contributed by atoms with E-state index in [-0.39, 0.29) is 5.41 Å². The molecule has 6 aromatic rings. The second-order valence-corrected chi connectivity index (χ2v) is 16.4. The van der Waals surface area contributed by atoms with Crippen molar-refractivity contribution in [3.8, 4) is 33.4 Å². The number of rotatable bonds is 0. The summed E-state index contributed by atoms with van der Waals surface area (Å²) < 4.78 is 32.2. The van der Waals surface area contributed by atoms with Crippen LogP contribution < -0.4 is 0 Å². The van der Waals surface area contributed by atoms with E-state index in [1.54, 1.807) is 6.07 Å². The lowest BCUT2D eigenvalue weighted by Crippen LogP contribution is -2.38. The number of sulfone groups is 1. The highest BCUT2D eigenvalue weighted by Gasteiger charge is 2.54. The Labute approximate surface area is 280 Å². The van der Waals surface area contributed by atoms with Gasteiger partial charge in [-0.05, 0) is 91.5 Å². The van der Waals surface area contributed by atoms with Gasteiger partial charge in [-0.15, -0.1) is 0 Å². The lowest BCUT2D eigenvalue weighted by atomic mass is 9.62. The summed E-state index contributed by atoms with van der Waals surface area (Å²) in [4.78, 5) is 0.774. The molecule has 1 spiro atoms. The summed E-state index contributed by atoms with van der Waals surface area (Å²) in [6.45, 7) is 4.40. The molecule has 5 heteroatoms. The van der Waals surface area contributed by atoms with Gasteiger partial charge in [-0.25, -0.2) is 8.42 Å². The van der Waals surface area contributed by atoms with Crippen molar-refractivity contribution < 1.29 is 8.42 Å². The molecule has 9 rings (SSSR count). The van der Waals surface area contributed by atoms with Crippen molar-refractivity contribution in [1.29, 1.82) is 0 Å². The molecule has 45 heavy (non-hydrogen) atoms. The monoisotopic (exact) mass is 728 g/mol. The fraction of sp³-hybridized carbons (Fsp3) is 0.100. The second kappa shape index (κ2) is 9.16. The van der Waals surface area contributed by atoms with Gasteiger partial charge in [0.25, 0.3) is 0 Å².